The molecule has 0 unspecified atom stereocenters. The molecule has 0 spiro atoms. The van der Waals surface area contributed by atoms with E-state index in [1.54, 1.807) is 0 Å². The summed E-state index contributed by atoms with van der Waals surface area (Å²) in [6.07, 6.45) is 2.27. The molecule has 15 heavy (non-hydrogen) atoms. The fourth-order valence-corrected chi connectivity index (χ4v) is 1.56. The van der Waals surface area contributed by atoms with Crippen LogP contribution in [0, 0.1) is 6.92 Å². The topological polar surface area (TPSA) is 55.0 Å². The number of hydrogen-bond donors (Lipinski definition) is 1. The molecule has 1 aliphatic rings. The number of aryl methyl sites for hydroxylation is 1. The number of aromatic amines is 1. The zero-order chi connectivity index (χ0) is 10.1. The first kappa shape index (κ1) is 12.0. The smallest absolute Gasteiger partial charge is 0.341 e. The molecule has 0 bridgehead atoms. The van der Waals surface area contributed by atoms with Gasteiger partial charge in [-0.2, -0.15) is 5.10 Å². The van der Waals surface area contributed by atoms with E-state index in [-0.39, 0.29) is 18.4 Å². The van der Waals surface area contributed by atoms with Gasteiger partial charge in [-0.25, -0.2) is 4.79 Å². The van der Waals surface area contributed by atoms with Crippen molar-refractivity contribution in [2.45, 2.75) is 32.6 Å². The largest absolute Gasteiger partial charge is 0.462 e. The number of nitrogens with zero attached hydrogens (tertiary/aromatic N) is 1. The van der Waals surface area contributed by atoms with E-state index in [0.717, 1.165) is 24.2 Å². The van der Waals surface area contributed by atoms with Crippen molar-refractivity contribution in [3.8, 4) is 0 Å². The number of carbonyl (C=O) groups excluding carboxylic acids is 1. The van der Waals surface area contributed by atoms with Gasteiger partial charge in [-0.3, -0.25) is 5.10 Å². The van der Waals surface area contributed by atoms with Crippen molar-refractivity contribution in [3.05, 3.63) is 17.0 Å². The van der Waals surface area contributed by atoms with Gasteiger partial charge < -0.3 is 4.74 Å². The molecule has 0 saturated heterocycles. The van der Waals surface area contributed by atoms with Gasteiger partial charge in [0, 0.05) is 11.6 Å². The Bertz CT molecular complexity index is 358. The maximum atomic E-state index is 11.6. The van der Waals surface area contributed by atoms with Gasteiger partial charge in [-0.05, 0) is 26.7 Å². The van der Waals surface area contributed by atoms with E-state index in [4.69, 9.17) is 4.74 Å². The monoisotopic (exact) mass is 230 g/mol. The first-order valence-electron chi connectivity index (χ1n) is 4.96. The average Bonchev–Trinajstić information content (AvgIpc) is 2.90. The van der Waals surface area contributed by atoms with Crippen molar-refractivity contribution < 1.29 is 9.53 Å². The highest BCUT2D eigenvalue weighted by Gasteiger charge is 2.32. The van der Waals surface area contributed by atoms with Gasteiger partial charge in [0.05, 0.1) is 12.3 Å². The Kier molecular flexibility index (Phi) is 3.74. The average molecular weight is 231 g/mol. The van der Waals surface area contributed by atoms with Crippen LogP contribution in [0.2, 0.25) is 0 Å². The molecule has 0 aromatic carbocycles. The summed E-state index contributed by atoms with van der Waals surface area (Å²) in [5.74, 6) is 0.222. The van der Waals surface area contributed by atoms with E-state index in [1.807, 2.05) is 13.8 Å². The summed E-state index contributed by atoms with van der Waals surface area (Å²) in [6.45, 7) is 4.07. The maximum Gasteiger partial charge on any atom is 0.341 e. The van der Waals surface area contributed by atoms with Gasteiger partial charge >= 0.3 is 5.97 Å². The molecule has 1 heterocycles. The second kappa shape index (κ2) is 4.66. The van der Waals surface area contributed by atoms with Gasteiger partial charge in [-0.15, -0.1) is 12.4 Å². The predicted molar refractivity (Wildman–Crippen MR) is 58.5 cm³/mol. The highest BCUT2D eigenvalue weighted by Crippen LogP contribution is 2.41. The zero-order valence-corrected chi connectivity index (χ0v) is 9.69. The van der Waals surface area contributed by atoms with Crippen LogP contribution >= 0.6 is 12.4 Å². The van der Waals surface area contributed by atoms with Crippen LogP contribution in [-0.4, -0.2) is 22.8 Å². The number of hydrogen-bond acceptors (Lipinski definition) is 3. The van der Waals surface area contributed by atoms with Gasteiger partial charge in [0.2, 0.25) is 0 Å². The van der Waals surface area contributed by atoms with E-state index in [0.29, 0.717) is 18.1 Å². The molecule has 1 aromatic heterocycles. The molecule has 1 aromatic rings. The van der Waals surface area contributed by atoms with E-state index < -0.39 is 0 Å². The number of ether oxygens (including phenoxy) is 1. The van der Waals surface area contributed by atoms with E-state index in [2.05, 4.69) is 10.2 Å². The van der Waals surface area contributed by atoms with E-state index >= 15 is 0 Å². The van der Waals surface area contributed by atoms with Crippen molar-refractivity contribution in [2.75, 3.05) is 6.61 Å². The molecule has 84 valence electrons. The summed E-state index contributed by atoms with van der Waals surface area (Å²) in [5.41, 5.74) is 2.35. The minimum Gasteiger partial charge on any atom is -0.462 e. The summed E-state index contributed by atoms with van der Waals surface area (Å²) in [7, 11) is 0. The van der Waals surface area contributed by atoms with E-state index in [9.17, 15) is 4.79 Å². The third kappa shape index (κ3) is 2.31. The van der Waals surface area contributed by atoms with Gasteiger partial charge in [0.1, 0.15) is 5.56 Å². The summed E-state index contributed by atoms with van der Waals surface area (Å²) < 4.78 is 4.99. The van der Waals surface area contributed by atoms with Crippen molar-refractivity contribution in [3.63, 3.8) is 0 Å². The molecule has 0 radical (unpaired) electrons. The zero-order valence-electron chi connectivity index (χ0n) is 8.87. The molecule has 4 nitrogen and oxygen atoms in total. The molecule has 0 amide bonds. The highest BCUT2D eigenvalue weighted by atomic mass is 35.5. The third-order valence-corrected chi connectivity index (χ3v) is 2.42. The normalized spacial score (nSPS) is 14.5. The number of H-pyrrole nitrogens is 1. The lowest BCUT2D eigenvalue weighted by molar-refractivity contribution is 0.0524. The molecule has 1 saturated carbocycles. The Labute approximate surface area is 94.8 Å². The number of esters is 1. The minimum absolute atomic E-state index is 0. The summed E-state index contributed by atoms with van der Waals surface area (Å²) in [6, 6.07) is 0. The second-order valence-corrected chi connectivity index (χ2v) is 3.60. The molecule has 1 N–H and O–H groups in total. The molecular formula is C10H15ClN2O2. The van der Waals surface area contributed by atoms with Crippen molar-refractivity contribution in [1.29, 1.82) is 0 Å². The molecule has 1 fully saturated rings. The SMILES string of the molecule is CCOC(=O)c1c(C2CC2)n[nH]c1C.Cl. The predicted octanol–water partition coefficient (Wildman–Crippen LogP) is 2.19. The number of carbonyl (C=O) groups is 1. The first-order valence-corrected chi connectivity index (χ1v) is 4.96. The van der Waals surface area contributed by atoms with E-state index in [1.165, 1.54) is 0 Å². The van der Waals surface area contributed by atoms with Gasteiger partial charge in [0.25, 0.3) is 0 Å². The third-order valence-electron chi connectivity index (χ3n) is 2.42. The highest BCUT2D eigenvalue weighted by molar-refractivity contribution is 5.92. The van der Waals surface area contributed by atoms with Crippen LogP contribution in [0.5, 0.6) is 0 Å². The standard InChI is InChI=1S/C10H14N2O2.ClH/c1-3-14-10(13)8-6(2)11-12-9(8)7-4-5-7;/h7H,3-5H2,1-2H3,(H,11,12);1H. The van der Waals surface area contributed by atoms with Crippen LogP contribution in [0.4, 0.5) is 0 Å². The summed E-state index contributed by atoms with van der Waals surface area (Å²) in [4.78, 5) is 11.6. The minimum atomic E-state index is -0.249. The van der Waals surface area contributed by atoms with Crippen LogP contribution in [0.1, 0.15) is 47.4 Å². The number of nitrogens with one attached hydrogen (secondary N) is 1. The second-order valence-electron chi connectivity index (χ2n) is 3.60. The number of halogens is 1. The van der Waals surface area contributed by atoms with Gasteiger partial charge in [-0.1, -0.05) is 0 Å². The van der Waals surface area contributed by atoms with Crippen LogP contribution in [-0.2, 0) is 4.74 Å². The molecule has 0 aliphatic heterocycles. The number of rotatable bonds is 3. The maximum absolute atomic E-state index is 11.6. The van der Waals surface area contributed by atoms with Crippen LogP contribution in [0.3, 0.4) is 0 Å². The van der Waals surface area contributed by atoms with Crippen molar-refractivity contribution >= 4 is 18.4 Å². The lowest BCUT2D eigenvalue weighted by Gasteiger charge is -2.02. The van der Waals surface area contributed by atoms with Crippen LogP contribution in [0.25, 0.3) is 0 Å². The van der Waals surface area contributed by atoms with Crippen LogP contribution < -0.4 is 0 Å². The molecule has 2 rings (SSSR count). The Morgan fingerprint density at radius 3 is 2.80 bits per heavy atom. The Balaban J connectivity index is 0.00000112. The molecule has 1 aliphatic carbocycles. The van der Waals surface area contributed by atoms with Crippen molar-refractivity contribution in [2.24, 2.45) is 0 Å². The number of aromatic nitrogens is 2. The van der Waals surface area contributed by atoms with Gasteiger partial charge in [0.15, 0.2) is 0 Å². The summed E-state index contributed by atoms with van der Waals surface area (Å²) in [5, 5.41) is 7.00. The van der Waals surface area contributed by atoms with Crippen LogP contribution in [0.15, 0.2) is 0 Å². The Morgan fingerprint density at radius 2 is 2.27 bits per heavy atom. The first-order chi connectivity index (χ1) is 6.74. The fourth-order valence-electron chi connectivity index (χ4n) is 1.56. The lowest BCUT2D eigenvalue weighted by atomic mass is 10.1. The summed E-state index contributed by atoms with van der Waals surface area (Å²) >= 11 is 0. The Morgan fingerprint density at radius 1 is 1.60 bits per heavy atom. The van der Waals surface area contributed by atoms with Crippen molar-refractivity contribution in [1.82, 2.24) is 10.2 Å². The quantitative estimate of drug-likeness (QED) is 0.810. The molecule has 0 atom stereocenters. The molecule has 5 heteroatoms. The fraction of sp³-hybridized carbons (Fsp3) is 0.600. The molecular weight excluding hydrogens is 216 g/mol. The Hall–Kier alpha value is -1.03. The lowest BCUT2D eigenvalue weighted by Crippen LogP contribution is -2.07.